The molecule has 0 aliphatic carbocycles. The summed E-state index contributed by atoms with van der Waals surface area (Å²) in [5, 5.41) is 11.5. The van der Waals surface area contributed by atoms with Crippen molar-refractivity contribution in [3.63, 3.8) is 0 Å². The first kappa shape index (κ1) is 18.0. The highest BCUT2D eigenvalue weighted by molar-refractivity contribution is 7.10. The summed E-state index contributed by atoms with van der Waals surface area (Å²) in [6, 6.07) is 5.61. The number of aliphatic hydroxyl groups is 1. The van der Waals surface area contributed by atoms with Crippen molar-refractivity contribution >= 4 is 17.2 Å². The number of hydrogen-bond donors (Lipinski definition) is 1. The average molecular weight is 359 g/mol. The molecule has 1 N–H and O–H groups in total. The SMILES string of the molecule is Cc1ccsc1CN(CCO)C(=O)C(c1cccnc1)N1CCCC1. The molecule has 1 atom stereocenters. The minimum absolute atomic E-state index is 0.0318. The largest absolute Gasteiger partial charge is 0.395 e. The first-order valence-electron chi connectivity index (χ1n) is 8.77. The van der Waals surface area contributed by atoms with Gasteiger partial charge in [0, 0.05) is 23.8 Å². The second-order valence-corrected chi connectivity index (χ2v) is 7.44. The molecule has 3 rings (SSSR count). The highest BCUT2D eigenvalue weighted by Gasteiger charge is 2.33. The fraction of sp³-hybridized carbons (Fsp3) is 0.474. The lowest BCUT2D eigenvalue weighted by molar-refractivity contribution is -0.138. The molecule has 1 unspecified atom stereocenters. The van der Waals surface area contributed by atoms with E-state index >= 15 is 0 Å². The summed E-state index contributed by atoms with van der Waals surface area (Å²) < 4.78 is 0. The van der Waals surface area contributed by atoms with E-state index in [1.807, 2.05) is 17.5 Å². The molecule has 3 heterocycles. The monoisotopic (exact) mass is 359 g/mol. The van der Waals surface area contributed by atoms with Crippen molar-refractivity contribution < 1.29 is 9.90 Å². The lowest BCUT2D eigenvalue weighted by Gasteiger charge is -2.32. The van der Waals surface area contributed by atoms with Crippen molar-refractivity contribution in [2.75, 3.05) is 26.2 Å². The van der Waals surface area contributed by atoms with Crippen LogP contribution in [0, 0.1) is 6.92 Å². The molecule has 1 fully saturated rings. The first-order valence-corrected chi connectivity index (χ1v) is 9.65. The lowest BCUT2D eigenvalue weighted by Crippen LogP contribution is -2.43. The Labute approximate surface area is 152 Å². The van der Waals surface area contributed by atoms with Gasteiger partial charge < -0.3 is 10.0 Å². The number of pyridine rings is 1. The van der Waals surface area contributed by atoms with E-state index in [1.54, 1.807) is 28.6 Å². The summed E-state index contributed by atoms with van der Waals surface area (Å²) in [6.45, 7) is 4.78. The number of aromatic nitrogens is 1. The zero-order valence-electron chi connectivity index (χ0n) is 14.6. The van der Waals surface area contributed by atoms with E-state index in [-0.39, 0.29) is 18.6 Å². The second kappa shape index (κ2) is 8.56. The Kier molecular flexibility index (Phi) is 6.18. The lowest BCUT2D eigenvalue weighted by atomic mass is 10.1. The summed E-state index contributed by atoms with van der Waals surface area (Å²) in [6.07, 6.45) is 5.76. The maximum absolute atomic E-state index is 13.4. The molecular weight excluding hydrogens is 334 g/mol. The number of aryl methyl sites for hydroxylation is 1. The highest BCUT2D eigenvalue weighted by atomic mass is 32.1. The number of thiophene rings is 1. The number of nitrogens with zero attached hydrogens (tertiary/aromatic N) is 3. The number of aliphatic hydroxyl groups excluding tert-OH is 1. The normalized spacial score (nSPS) is 16.1. The average Bonchev–Trinajstić information content (AvgIpc) is 3.28. The molecule has 0 saturated carbocycles. The number of amides is 1. The quantitative estimate of drug-likeness (QED) is 0.826. The fourth-order valence-electron chi connectivity index (χ4n) is 3.35. The third-order valence-electron chi connectivity index (χ3n) is 4.72. The van der Waals surface area contributed by atoms with Crippen LogP contribution in [0.15, 0.2) is 36.0 Å². The summed E-state index contributed by atoms with van der Waals surface area (Å²) in [7, 11) is 0. The van der Waals surface area contributed by atoms with E-state index in [0.717, 1.165) is 31.5 Å². The Morgan fingerprint density at radius 1 is 1.40 bits per heavy atom. The predicted molar refractivity (Wildman–Crippen MR) is 99.3 cm³/mol. The molecule has 2 aromatic heterocycles. The van der Waals surface area contributed by atoms with Crippen LogP contribution in [0.25, 0.3) is 0 Å². The van der Waals surface area contributed by atoms with Crippen molar-refractivity contribution in [2.24, 2.45) is 0 Å². The molecule has 1 aliphatic heterocycles. The van der Waals surface area contributed by atoms with E-state index < -0.39 is 0 Å². The van der Waals surface area contributed by atoms with Crippen molar-refractivity contribution in [1.82, 2.24) is 14.8 Å². The van der Waals surface area contributed by atoms with Crippen molar-refractivity contribution in [1.29, 1.82) is 0 Å². The van der Waals surface area contributed by atoms with Crippen LogP contribution in [-0.4, -0.2) is 52.0 Å². The third-order valence-corrected chi connectivity index (χ3v) is 5.73. The fourth-order valence-corrected chi connectivity index (χ4v) is 4.27. The van der Waals surface area contributed by atoms with Crippen LogP contribution >= 0.6 is 11.3 Å². The van der Waals surface area contributed by atoms with Gasteiger partial charge in [-0.3, -0.25) is 14.7 Å². The standard InChI is InChI=1S/C19H25N3O2S/c1-15-6-12-25-17(15)14-22(10-11-23)19(24)18(21-8-2-3-9-21)16-5-4-7-20-13-16/h4-7,12-13,18,23H,2-3,8-11,14H2,1H3. The van der Waals surface area contributed by atoms with Crippen LogP contribution in [0.1, 0.15) is 34.9 Å². The molecule has 6 heteroatoms. The van der Waals surface area contributed by atoms with Gasteiger partial charge in [-0.25, -0.2) is 0 Å². The van der Waals surface area contributed by atoms with E-state index in [2.05, 4.69) is 22.9 Å². The van der Waals surface area contributed by atoms with Gasteiger partial charge in [-0.2, -0.15) is 0 Å². The van der Waals surface area contributed by atoms with Gasteiger partial charge in [0.2, 0.25) is 5.91 Å². The third kappa shape index (κ3) is 4.26. The van der Waals surface area contributed by atoms with Crippen LogP contribution in [0.4, 0.5) is 0 Å². The van der Waals surface area contributed by atoms with Crippen molar-refractivity contribution in [3.8, 4) is 0 Å². The van der Waals surface area contributed by atoms with Crippen LogP contribution in [0.2, 0.25) is 0 Å². The molecular formula is C19H25N3O2S. The van der Waals surface area contributed by atoms with Crippen molar-refractivity contribution in [2.45, 2.75) is 32.4 Å². The summed E-state index contributed by atoms with van der Waals surface area (Å²) in [4.78, 5) is 22.8. The molecule has 1 amide bonds. The van der Waals surface area contributed by atoms with E-state index in [4.69, 9.17) is 0 Å². The number of likely N-dealkylation sites (tertiary alicyclic amines) is 1. The van der Waals surface area contributed by atoms with Gasteiger partial charge in [0.25, 0.3) is 0 Å². The molecule has 25 heavy (non-hydrogen) atoms. The number of hydrogen-bond acceptors (Lipinski definition) is 5. The number of carbonyl (C=O) groups excluding carboxylic acids is 1. The Hall–Kier alpha value is -1.76. The molecule has 0 bridgehead atoms. The predicted octanol–water partition coefficient (Wildman–Crippen LogP) is 2.61. The van der Waals surface area contributed by atoms with Gasteiger partial charge in [-0.15, -0.1) is 11.3 Å². The molecule has 0 spiro atoms. The minimum atomic E-state index is -0.317. The molecule has 5 nitrogen and oxygen atoms in total. The Morgan fingerprint density at radius 2 is 2.20 bits per heavy atom. The zero-order chi connectivity index (χ0) is 17.6. The Balaban J connectivity index is 1.86. The van der Waals surface area contributed by atoms with Gasteiger partial charge in [0.1, 0.15) is 6.04 Å². The Bertz CT molecular complexity index is 683. The topological polar surface area (TPSA) is 56.7 Å². The highest BCUT2D eigenvalue weighted by Crippen LogP contribution is 2.28. The van der Waals surface area contributed by atoms with Gasteiger partial charge >= 0.3 is 0 Å². The summed E-state index contributed by atoms with van der Waals surface area (Å²) in [5.74, 6) is 0.0525. The zero-order valence-corrected chi connectivity index (χ0v) is 15.4. The molecule has 2 aromatic rings. The number of rotatable bonds is 7. The molecule has 0 radical (unpaired) electrons. The van der Waals surface area contributed by atoms with Gasteiger partial charge in [0.05, 0.1) is 13.2 Å². The summed E-state index contributed by atoms with van der Waals surface area (Å²) >= 11 is 1.66. The van der Waals surface area contributed by atoms with Crippen LogP contribution < -0.4 is 0 Å². The molecule has 1 aliphatic rings. The smallest absolute Gasteiger partial charge is 0.244 e. The number of carbonyl (C=O) groups is 1. The van der Waals surface area contributed by atoms with E-state index in [0.29, 0.717) is 13.1 Å². The molecule has 0 aromatic carbocycles. The Morgan fingerprint density at radius 3 is 2.80 bits per heavy atom. The van der Waals surface area contributed by atoms with E-state index in [1.165, 1.54) is 10.4 Å². The molecule has 134 valence electrons. The minimum Gasteiger partial charge on any atom is -0.395 e. The first-order chi connectivity index (χ1) is 12.2. The van der Waals surface area contributed by atoms with Crippen LogP contribution in [0.3, 0.4) is 0 Å². The van der Waals surface area contributed by atoms with Crippen molar-refractivity contribution in [3.05, 3.63) is 52.0 Å². The summed E-state index contributed by atoms with van der Waals surface area (Å²) in [5.41, 5.74) is 2.13. The maximum atomic E-state index is 13.4. The maximum Gasteiger partial charge on any atom is 0.244 e. The van der Waals surface area contributed by atoms with Crippen LogP contribution in [-0.2, 0) is 11.3 Å². The van der Waals surface area contributed by atoms with Gasteiger partial charge in [-0.1, -0.05) is 6.07 Å². The molecule has 1 saturated heterocycles. The van der Waals surface area contributed by atoms with Gasteiger partial charge in [0.15, 0.2) is 0 Å². The second-order valence-electron chi connectivity index (χ2n) is 6.44. The van der Waals surface area contributed by atoms with E-state index in [9.17, 15) is 9.90 Å². The van der Waals surface area contributed by atoms with Gasteiger partial charge in [-0.05, 0) is 61.5 Å². The van der Waals surface area contributed by atoms with Crippen LogP contribution in [0.5, 0.6) is 0 Å².